The normalized spacial score (nSPS) is 14.0. The lowest BCUT2D eigenvalue weighted by Crippen LogP contribution is -1.98. The first-order chi connectivity index (χ1) is 3.31. The Balaban J connectivity index is 3.00. The van der Waals surface area contributed by atoms with Crippen molar-refractivity contribution in [3.8, 4) is 0 Å². The molecule has 0 aromatic carbocycles. The molecule has 0 heterocycles. The molecular weight excluding hydrogens is 117 g/mol. The number of nitrogens with two attached hydrogens (primary N) is 1. The Labute approximate surface area is 42.5 Å². The smallest absolute Gasteiger partial charge is 0.314 e. The van der Waals surface area contributed by atoms with Crippen molar-refractivity contribution in [3.05, 3.63) is 0 Å². The third kappa shape index (κ3) is 3.95. The third-order valence-electron chi connectivity index (χ3n) is 0.368. The summed E-state index contributed by atoms with van der Waals surface area (Å²) in [6.45, 7) is -0.0500. The van der Waals surface area contributed by atoms with E-state index in [-0.39, 0.29) is 6.73 Å². The van der Waals surface area contributed by atoms with E-state index in [9.17, 15) is 4.57 Å². The van der Waals surface area contributed by atoms with E-state index in [0.29, 0.717) is 0 Å². The Morgan fingerprint density at radius 1 is 1.86 bits per heavy atom. The molecule has 0 aliphatic carbocycles. The van der Waals surface area contributed by atoms with Gasteiger partial charge in [0, 0.05) is 7.11 Å². The molecule has 0 saturated heterocycles. The highest BCUT2D eigenvalue weighted by Gasteiger charge is 1.88. The van der Waals surface area contributed by atoms with Crippen LogP contribution < -0.4 is 5.73 Å². The molecule has 1 atom stereocenters. The summed E-state index contributed by atoms with van der Waals surface area (Å²) in [7, 11) is -0.952. The van der Waals surface area contributed by atoms with Crippen molar-refractivity contribution in [3.63, 3.8) is 0 Å². The summed E-state index contributed by atoms with van der Waals surface area (Å²) in [4.78, 5) is 0. The van der Waals surface area contributed by atoms with E-state index < -0.39 is 8.25 Å². The summed E-state index contributed by atoms with van der Waals surface area (Å²) in [6.07, 6.45) is 0. The van der Waals surface area contributed by atoms with Crippen LogP contribution in [0.4, 0.5) is 0 Å². The molecule has 0 aromatic heterocycles. The molecule has 44 valence electrons. The molecule has 0 aliphatic heterocycles. The van der Waals surface area contributed by atoms with Gasteiger partial charge in [0.15, 0.2) is 0 Å². The van der Waals surface area contributed by atoms with E-state index >= 15 is 0 Å². The second-order valence-electron chi connectivity index (χ2n) is 0.765. The average Bonchev–Trinajstić information content (AvgIpc) is 1.68. The molecule has 0 aliphatic rings. The highest BCUT2D eigenvalue weighted by Crippen LogP contribution is 2.19. The molecule has 0 spiro atoms. The summed E-state index contributed by atoms with van der Waals surface area (Å²) >= 11 is 0. The Bertz CT molecular complexity index is 66.0. The lowest BCUT2D eigenvalue weighted by Gasteiger charge is -1.94. The Kier molecular flexibility index (Phi) is 4.34. The molecule has 0 amide bonds. The maximum Gasteiger partial charge on any atom is 0.320 e. The molecule has 0 bridgehead atoms. The maximum atomic E-state index is 10.1. The van der Waals surface area contributed by atoms with Crippen LogP contribution in [0.25, 0.3) is 0 Å². The first kappa shape index (κ1) is 7.11. The van der Waals surface area contributed by atoms with Crippen LogP contribution in [-0.2, 0) is 13.6 Å². The van der Waals surface area contributed by atoms with E-state index in [2.05, 4.69) is 9.05 Å². The van der Waals surface area contributed by atoms with E-state index in [0.717, 1.165) is 0 Å². The Morgan fingerprint density at radius 2 is 2.43 bits per heavy atom. The van der Waals surface area contributed by atoms with Crippen LogP contribution in [0.1, 0.15) is 0 Å². The monoisotopic (exact) mass is 125 g/mol. The molecular formula is C2H8NO3P. The molecule has 7 heavy (non-hydrogen) atoms. The van der Waals surface area contributed by atoms with Crippen molar-refractivity contribution in [2.45, 2.75) is 0 Å². The predicted octanol–water partition coefficient (Wildman–Crippen LogP) is -0.0447. The second kappa shape index (κ2) is 4.27. The van der Waals surface area contributed by atoms with Crippen LogP contribution in [0.3, 0.4) is 0 Å². The largest absolute Gasteiger partial charge is 0.320 e. The molecule has 0 radical (unpaired) electrons. The van der Waals surface area contributed by atoms with Gasteiger partial charge in [-0.25, -0.2) is 0 Å². The quantitative estimate of drug-likeness (QED) is 0.424. The molecule has 0 saturated carbocycles. The molecule has 5 heteroatoms. The molecule has 0 aromatic rings. The zero-order chi connectivity index (χ0) is 5.70. The SMILES string of the molecule is CO[PH](=O)OCN. The van der Waals surface area contributed by atoms with E-state index in [1.807, 2.05) is 0 Å². The van der Waals surface area contributed by atoms with E-state index in [4.69, 9.17) is 5.73 Å². The van der Waals surface area contributed by atoms with Crippen LogP contribution >= 0.6 is 8.25 Å². The first-order valence-corrected chi connectivity index (χ1v) is 2.94. The highest BCUT2D eigenvalue weighted by molar-refractivity contribution is 7.33. The minimum atomic E-state index is -2.25. The molecule has 2 N–H and O–H groups in total. The Morgan fingerprint density at radius 3 is 2.57 bits per heavy atom. The summed E-state index contributed by atoms with van der Waals surface area (Å²) in [5.41, 5.74) is 4.83. The van der Waals surface area contributed by atoms with Gasteiger partial charge in [0.2, 0.25) is 0 Å². The van der Waals surface area contributed by atoms with Gasteiger partial charge in [-0.05, 0) is 0 Å². The fourth-order valence-electron chi connectivity index (χ4n) is 0.127. The topological polar surface area (TPSA) is 61.5 Å². The van der Waals surface area contributed by atoms with Gasteiger partial charge in [0.05, 0.1) is 0 Å². The second-order valence-corrected chi connectivity index (χ2v) is 1.96. The molecule has 0 fully saturated rings. The van der Waals surface area contributed by atoms with Crippen LogP contribution in [0.15, 0.2) is 0 Å². The van der Waals surface area contributed by atoms with Crippen LogP contribution in [-0.4, -0.2) is 13.8 Å². The molecule has 4 nitrogen and oxygen atoms in total. The number of hydrogen-bond donors (Lipinski definition) is 1. The number of hydrogen-bond acceptors (Lipinski definition) is 4. The standard InChI is InChI=1S/C2H8NO3P/c1-5-7(4)6-2-3/h7H,2-3H2,1H3. The zero-order valence-corrected chi connectivity index (χ0v) is 5.01. The van der Waals surface area contributed by atoms with Gasteiger partial charge in [-0.1, -0.05) is 0 Å². The minimum absolute atomic E-state index is 0.0500. The summed E-state index contributed by atoms with van der Waals surface area (Å²) in [5.74, 6) is 0. The first-order valence-electron chi connectivity index (χ1n) is 1.72. The molecule has 1 unspecified atom stereocenters. The van der Waals surface area contributed by atoms with E-state index in [1.54, 1.807) is 0 Å². The summed E-state index contributed by atoms with van der Waals surface area (Å²) in [6, 6.07) is 0. The lowest BCUT2D eigenvalue weighted by atomic mass is 11.4. The van der Waals surface area contributed by atoms with Crippen molar-refractivity contribution in [1.29, 1.82) is 0 Å². The zero-order valence-electron chi connectivity index (χ0n) is 4.01. The van der Waals surface area contributed by atoms with Crippen molar-refractivity contribution >= 4 is 8.25 Å². The van der Waals surface area contributed by atoms with Gasteiger partial charge >= 0.3 is 8.25 Å². The third-order valence-corrected chi connectivity index (χ3v) is 1.10. The van der Waals surface area contributed by atoms with Gasteiger partial charge in [-0.15, -0.1) is 0 Å². The van der Waals surface area contributed by atoms with Crippen molar-refractivity contribution in [2.24, 2.45) is 5.73 Å². The van der Waals surface area contributed by atoms with Gasteiger partial charge in [0.25, 0.3) is 0 Å². The lowest BCUT2D eigenvalue weighted by molar-refractivity contribution is 0.263. The minimum Gasteiger partial charge on any atom is -0.314 e. The predicted molar refractivity (Wildman–Crippen MR) is 26.1 cm³/mol. The highest BCUT2D eigenvalue weighted by atomic mass is 31.1. The maximum absolute atomic E-state index is 10.1. The molecule has 0 rings (SSSR count). The van der Waals surface area contributed by atoms with Gasteiger partial charge in [0.1, 0.15) is 6.73 Å². The van der Waals surface area contributed by atoms with Gasteiger partial charge < -0.3 is 10.3 Å². The van der Waals surface area contributed by atoms with Crippen LogP contribution in [0.5, 0.6) is 0 Å². The van der Waals surface area contributed by atoms with Crippen molar-refractivity contribution in [2.75, 3.05) is 13.8 Å². The average molecular weight is 125 g/mol. The van der Waals surface area contributed by atoms with Crippen molar-refractivity contribution < 1.29 is 13.6 Å². The van der Waals surface area contributed by atoms with E-state index in [1.165, 1.54) is 7.11 Å². The van der Waals surface area contributed by atoms with Crippen molar-refractivity contribution in [1.82, 2.24) is 0 Å². The van der Waals surface area contributed by atoms with Gasteiger partial charge in [-0.3, -0.25) is 9.09 Å². The Hall–Kier alpha value is 0.110. The van der Waals surface area contributed by atoms with Gasteiger partial charge in [-0.2, -0.15) is 0 Å². The fraction of sp³-hybridized carbons (Fsp3) is 1.00. The van der Waals surface area contributed by atoms with Crippen LogP contribution in [0.2, 0.25) is 0 Å². The summed E-state index contributed by atoms with van der Waals surface area (Å²) < 4.78 is 18.6. The number of rotatable bonds is 3. The fourth-order valence-corrected chi connectivity index (χ4v) is 0.381. The summed E-state index contributed by atoms with van der Waals surface area (Å²) in [5, 5.41) is 0. The van der Waals surface area contributed by atoms with Crippen LogP contribution in [0, 0.1) is 0 Å².